The maximum Gasteiger partial charge on any atom is 0.325 e. The minimum atomic E-state index is -1.26. The molecule has 3 rings (SSSR count). The van der Waals surface area contributed by atoms with Crippen molar-refractivity contribution < 1.29 is 18.8 Å². The molecular weight excluding hydrogens is 349 g/mol. The Morgan fingerprint density at radius 1 is 1.19 bits per heavy atom. The molecule has 2 aliphatic rings. The number of halogens is 1. The molecule has 1 aliphatic heterocycles. The van der Waals surface area contributed by atoms with Crippen LogP contribution in [0.15, 0.2) is 24.3 Å². The smallest absolute Gasteiger partial charge is 0.325 e. The molecule has 1 aromatic rings. The summed E-state index contributed by atoms with van der Waals surface area (Å²) < 4.78 is 13.2. The third-order valence-corrected chi connectivity index (χ3v) is 5.57. The lowest BCUT2D eigenvalue weighted by Gasteiger charge is -2.26. The summed E-state index contributed by atoms with van der Waals surface area (Å²) >= 11 is 0. The van der Waals surface area contributed by atoms with E-state index in [0.29, 0.717) is 12.0 Å². The number of rotatable bonds is 5. The van der Waals surface area contributed by atoms with Gasteiger partial charge in [0.1, 0.15) is 17.9 Å². The summed E-state index contributed by atoms with van der Waals surface area (Å²) in [7, 11) is 0. The van der Waals surface area contributed by atoms with Crippen LogP contribution in [0.4, 0.5) is 9.18 Å². The minimum Gasteiger partial charge on any atom is -0.352 e. The lowest BCUT2D eigenvalue weighted by atomic mass is 9.87. The van der Waals surface area contributed by atoms with E-state index in [1.54, 1.807) is 6.92 Å². The molecule has 1 atom stereocenters. The summed E-state index contributed by atoms with van der Waals surface area (Å²) in [5.41, 5.74) is -0.746. The van der Waals surface area contributed by atoms with E-state index < -0.39 is 23.3 Å². The van der Waals surface area contributed by atoms with Crippen LogP contribution in [-0.2, 0) is 15.1 Å². The topological polar surface area (TPSA) is 78.5 Å². The van der Waals surface area contributed by atoms with Crippen LogP contribution >= 0.6 is 0 Å². The maximum absolute atomic E-state index is 13.2. The molecule has 7 heteroatoms. The Bertz CT molecular complexity index is 714. The van der Waals surface area contributed by atoms with Gasteiger partial charge in [0.05, 0.1) is 0 Å². The molecule has 1 aromatic carbocycles. The van der Waals surface area contributed by atoms with Crippen molar-refractivity contribution in [2.45, 2.75) is 63.5 Å². The number of hydrogen-bond donors (Lipinski definition) is 2. The van der Waals surface area contributed by atoms with Gasteiger partial charge in [0.15, 0.2) is 0 Å². The number of nitrogens with zero attached hydrogens (tertiary/aromatic N) is 1. The van der Waals surface area contributed by atoms with E-state index in [2.05, 4.69) is 10.6 Å². The molecule has 0 bridgehead atoms. The highest BCUT2D eigenvalue weighted by Gasteiger charge is 2.51. The first kappa shape index (κ1) is 19.3. The Labute approximate surface area is 158 Å². The highest BCUT2D eigenvalue weighted by atomic mass is 19.1. The summed E-state index contributed by atoms with van der Waals surface area (Å²) in [5.74, 6) is -1.21. The minimum absolute atomic E-state index is 0.105. The lowest BCUT2D eigenvalue weighted by molar-refractivity contribution is -0.135. The van der Waals surface area contributed by atoms with Gasteiger partial charge in [0, 0.05) is 6.04 Å². The first-order chi connectivity index (χ1) is 13.0. The molecule has 0 unspecified atom stereocenters. The molecule has 4 amide bonds. The van der Waals surface area contributed by atoms with Crippen LogP contribution in [0, 0.1) is 5.82 Å². The van der Waals surface area contributed by atoms with Gasteiger partial charge >= 0.3 is 6.03 Å². The summed E-state index contributed by atoms with van der Waals surface area (Å²) in [4.78, 5) is 38.8. The third-order valence-electron chi connectivity index (χ3n) is 5.57. The van der Waals surface area contributed by atoms with Crippen LogP contribution in [-0.4, -0.2) is 35.3 Å². The highest BCUT2D eigenvalue weighted by Crippen LogP contribution is 2.32. The van der Waals surface area contributed by atoms with Crippen molar-refractivity contribution in [1.29, 1.82) is 0 Å². The quantitative estimate of drug-likeness (QED) is 0.614. The molecule has 1 aliphatic carbocycles. The number of amides is 4. The molecule has 0 aromatic heterocycles. The number of carbonyl (C=O) groups excluding carboxylic acids is 3. The Balaban J connectivity index is 1.71. The largest absolute Gasteiger partial charge is 0.352 e. The zero-order chi connectivity index (χ0) is 19.4. The normalized spacial score (nSPS) is 23.9. The Kier molecular flexibility index (Phi) is 5.77. The zero-order valence-corrected chi connectivity index (χ0v) is 15.6. The van der Waals surface area contributed by atoms with Gasteiger partial charge in [-0.15, -0.1) is 0 Å². The van der Waals surface area contributed by atoms with Crippen molar-refractivity contribution in [3.63, 3.8) is 0 Å². The fraction of sp³-hybridized carbons (Fsp3) is 0.550. The van der Waals surface area contributed by atoms with E-state index in [1.165, 1.54) is 37.1 Å². The van der Waals surface area contributed by atoms with Crippen LogP contribution < -0.4 is 10.6 Å². The standard InChI is InChI=1S/C20H26FN3O3/c1-2-20(14-9-11-15(21)12-10-14)18(26)24(19(27)23-20)13-17(25)22-16-7-5-3-4-6-8-16/h9-12,16H,2-8,13H2,1H3,(H,22,25)(H,23,27)/t20-/m1/s1. The predicted octanol–water partition coefficient (Wildman–Crippen LogP) is 2.82. The van der Waals surface area contributed by atoms with Gasteiger partial charge in [-0.3, -0.25) is 14.5 Å². The number of hydrogen-bond acceptors (Lipinski definition) is 3. The number of urea groups is 1. The number of imide groups is 1. The molecule has 2 N–H and O–H groups in total. The SMILES string of the molecule is CC[C@]1(c2ccc(F)cc2)NC(=O)N(CC(=O)NC2CCCCCC2)C1=O. The average molecular weight is 375 g/mol. The fourth-order valence-corrected chi connectivity index (χ4v) is 3.98. The van der Waals surface area contributed by atoms with Crippen LogP contribution in [0.2, 0.25) is 0 Å². The second kappa shape index (κ2) is 8.06. The zero-order valence-electron chi connectivity index (χ0n) is 15.6. The predicted molar refractivity (Wildman–Crippen MR) is 98.2 cm³/mol. The van der Waals surface area contributed by atoms with Crippen molar-refractivity contribution in [3.05, 3.63) is 35.6 Å². The van der Waals surface area contributed by atoms with E-state index in [-0.39, 0.29) is 18.5 Å². The molecule has 1 saturated heterocycles. The molecule has 2 fully saturated rings. The van der Waals surface area contributed by atoms with Crippen molar-refractivity contribution >= 4 is 17.8 Å². The first-order valence-corrected chi connectivity index (χ1v) is 9.66. The average Bonchev–Trinajstić information content (AvgIpc) is 2.83. The number of benzene rings is 1. The molecule has 0 radical (unpaired) electrons. The van der Waals surface area contributed by atoms with E-state index in [0.717, 1.165) is 30.6 Å². The molecule has 1 saturated carbocycles. The first-order valence-electron chi connectivity index (χ1n) is 9.66. The molecule has 6 nitrogen and oxygen atoms in total. The van der Waals surface area contributed by atoms with Gasteiger partial charge < -0.3 is 10.6 Å². The second-order valence-electron chi connectivity index (χ2n) is 7.34. The molecule has 146 valence electrons. The molecule has 1 heterocycles. The van der Waals surface area contributed by atoms with Gasteiger partial charge in [-0.2, -0.15) is 0 Å². The second-order valence-corrected chi connectivity index (χ2v) is 7.34. The van der Waals surface area contributed by atoms with E-state index >= 15 is 0 Å². The molecule has 27 heavy (non-hydrogen) atoms. The van der Waals surface area contributed by atoms with Crippen LogP contribution in [0.3, 0.4) is 0 Å². The maximum atomic E-state index is 13.2. The monoisotopic (exact) mass is 375 g/mol. The summed E-state index contributed by atoms with van der Waals surface area (Å²) in [6.45, 7) is 1.47. The van der Waals surface area contributed by atoms with Crippen LogP contribution in [0.25, 0.3) is 0 Å². The van der Waals surface area contributed by atoms with Gasteiger partial charge in [0.25, 0.3) is 5.91 Å². The lowest BCUT2D eigenvalue weighted by Crippen LogP contribution is -2.46. The van der Waals surface area contributed by atoms with E-state index in [1.807, 2.05) is 0 Å². The fourth-order valence-electron chi connectivity index (χ4n) is 3.98. The van der Waals surface area contributed by atoms with Gasteiger partial charge in [-0.25, -0.2) is 9.18 Å². The molecule has 0 spiro atoms. The van der Waals surface area contributed by atoms with Gasteiger partial charge in [0.2, 0.25) is 5.91 Å². The van der Waals surface area contributed by atoms with Crippen LogP contribution in [0.5, 0.6) is 0 Å². The van der Waals surface area contributed by atoms with Crippen molar-refractivity contribution in [2.75, 3.05) is 6.54 Å². The highest BCUT2D eigenvalue weighted by molar-refractivity contribution is 6.09. The summed E-state index contributed by atoms with van der Waals surface area (Å²) in [6, 6.07) is 5.01. The third kappa shape index (κ3) is 3.96. The van der Waals surface area contributed by atoms with Gasteiger partial charge in [-0.05, 0) is 37.0 Å². The van der Waals surface area contributed by atoms with E-state index in [9.17, 15) is 18.8 Å². The Morgan fingerprint density at radius 2 is 1.81 bits per heavy atom. The van der Waals surface area contributed by atoms with Crippen molar-refractivity contribution in [3.8, 4) is 0 Å². The van der Waals surface area contributed by atoms with E-state index in [4.69, 9.17) is 0 Å². The van der Waals surface area contributed by atoms with Crippen molar-refractivity contribution in [2.24, 2.45) is 0 Å². The number of nitrogens with one attached hydrogen (secondary N) is 2. The number of carbonyl (C=O) groups is 3. The Morgan fingerprint density at radius 3 is 2.41 bits per heavy atom. The van der Waals surface area contributed by atoms with Crippen molar-refractivity contribution in [1.82, 2.24) is 15.5 Å². The van der Waals surface area contributed by atoms with Gasteiger partial charge in [-0.1, -0.05) is 44.7 Å². The Hall–Kier alpha value is -2.44. The molecular formula is C20H26FN3O3. The summed E-state index contributed by atoms with van der Waals surface area (Å²) in [5, 5.41) is 5.66. The van der Waals surface area contributed by atoms with Crippen LogP contribution in [0.1, 0.15) is 57.4 Å². The summed E-state index contributed by atoms with van der Waals surface area (Å²) in [6.07, 6.45) is 6.69.